The Hall–Kier alpha value is -1.19. The second-order valence-corrected chi connectivity index (χ2v) is 3.39. The van der Waals surface area contributed by atoms with Crippen molar-refractivity contribution < 1.29 is 19.8 Å². The standard InChI is InChI=1S/C6H8O3.C4H9NOS/c1-3-5(7)4(2)6(8)9;1-4(6)5-2-3-7/h1,4-5,7H,2H3,(H,8,9);7H,2-3H2,1H3,(H,5,6)/t4-,5-;/m0./s1. The van der Waals surface area contributed by atoms with Gasteiger partial charge >= 0.3 is 5.97 Å². The van der Waals surface area contributed by atoms with Crippen molar-refractivity contribution in [2.45, 2.75) is 20.0 Å². The fourth-order valence-electron chi connectivity index (χ4n) is 0.511. The maximum Gasteiger partial charge on any atom is 0.309 e. The summed E-state index contributed by atoms with van der Waals surface area (Å²) in [5.41, 5.74) is 0. The van der Waals surface area contributed by atoms with E-state index < -0.39 is 18.0 Å². The van der Waals surface area contributed by atoms with Crippen LogP contribution in [0.25, 0.3) is 0 Å². The van der Waals surface area contributed by atoms with Crippen LogP contribution in [0.3, 0.4) is 0 Å². The molecule has 5 nitrogen and oxygen atoms in total. The summed E-state index contributed by atoms with van der Waals surface area (Å²) in [5.74, 6) is 0.674. The highest BCUT2D eigenvalue weighted by molar-refractivity contribution is 7.80. The molecule has 0 saturated heterocycles. The van der Waals surface area contributed by atoms with Gasteiger partial charge in [0.1, 0.15) is 6.10 Å². The Labute approximate surface area is 101 Å². The maximum atomic E-state index is 10.1. The van der Waals surface area contributed by atoms with Crippen LogP contribution in [-0.2, 0) is 9.59 Å². The highest BCUT2D eigenvalue weighted by Crippen LogP contribution is 2.00. The van der Waals surface area contributed by atoms with Gasteiger partial charge in [0.05, 0.1) is 5.92 Å². The van der Waals surface area contributed by atoms with Crippen molar-refractivity contribution in [3.05, 3.63) is 0 Å². The Bertz CT molecular complexity index is 262. The first-order chi connectivity index (χ1) is 7.36. The predicted octanol–water partition coefficient (Wildman–Crippen LogP) is -0.246. The molecule has 0 aliphatic carbocycles. The van der Waals surface area contributed by atoms with Gasteiger partial charge in [0.2, 0.25) is 5.91 Å². The van der Waals surface area contributed by atoms with Crippen LogP contribution in [0.5, 0.6) is 0 Å². The zero-order valence-electron chi connectivity index (χ0n) is 9.30. The molecule has 0 aliphatic heterocycles. The number of hydrogen-bond acceptors (Lipinski definition) is 4. The molecule has 0 aromatic carbocycles. The summed E-state index contributed by atoms with van der Waals surface area (Å²) in [4.78, 5) is 20.1. The van der Waals surface area contributed by atoms with Crippen LogP contribution in [0.1, 0.15) is 13.8 Å². The fraction of sp³-hybridized carbons (Fsp3) is 0.600. The number of carbonyl (C=O) groups excluding carboxylic acids is 1. The number of aliphatic carboxylic acids is 1. The first-order valence-electron chi connectivity index (χ1n) is 4.59. The first kappa shape index (κ1) is 17.2. The molecule has 0 bridgehead atoms. The number of amides is 1. The molecule has 16 heavy (non-hydrogen) atoms. The lowest BCUT2D eigenvalue weighted by Gasteiger charge is -2.06. The van der Waals surface area contributed by atoms with Crippen molar-refractivity contribution in [1.29, 1.82) is 0 Å². The molecule has 0 heterocycles. The zero-order valence-corrected chi connectivity index (χ0v) is 10.2. The topological polar surface area (TPSA) is 86.6 Å². The van der Waals surface area contributed by atoms with Crippen molar-refractivity contribution in [2.75, 3.05) is 12.3 Å². The smallest absolute Gasteiger partial charge is 0.309 e. The second kappa shape index (κ2) is 10.3. The van der Waals surface area contributed by atoms with Crippen molar-refractivity contribution in [3.63, 3.8) is 0 Å². The molecule has 0 saturated carbocycles. The van der Waals surface area contributed by atoms with E-state index in [9.17, 15) is 9.59 Å². The van der Waals surface area contributed by atoms with E-state index in [4.69, 9.17) is 16.6 Å². The molecule has 0 rings (SSSR count). The average molecular weight is 247 g/mol. The number of aliphatic hydroxyl groups is 1. The van der Waals surface area contributed by atoms with Crippen molar-refractivity contribution >= 4 is 24.5 Å². The van der Waals surface area contributed by atoms with Gasteiger partial charge in [-0.3, -0.25) is 9.59 Å². The summed E-state index contributed by atoms with van der Waals surface area (Å²) >= 11 is 3.88. The minimum absolute atomic E-state index is 0.00838. The van der Waals surface area contributed by atoms with E-state index in [1.807, 2.05) is 5.92 Å². The lowest BCUT2D eigenvalue weighted by molar-refractivity contribution is -0.143. The van der Waals surface area contributed by atoms with Crippen LogP contribution in [-0.4, -0.2) is 40.5 Å². The Morgan fingerprint density at radius 3 is 2.19 bits per heavy atom. The number of thiol groups is 1. The van der Waals surface area contributed by atoms with Gasteiger partial charge in [-0.15, -0.1) is 6.42 Å². The van der Waals surface area contributed by atoms with E-state index in [0.29, 0.717) is 12.3 Å². The van der Waals surface area contributed by atoms with Crippen LogP contribution >= 0.6 is 12.6 Å². The van der Waals surface area contributed by atoms with E-state index in [2.05, 4.69) is 17.9 Å². The largest absolute Gasteiger partial charge is 0.481 e. The van der Waals surface area contributed by atoms with Gasteiger partial charge < -0.3 is 15.5 Å². The molecule has 0 radical (unpaired) electrons. The number of rotatable bonds is 4. The van der Waals surface area contributed by atoms with Gasteiger partial charge in [-0.25, -0.2) is 0 Å². The molecule has 2 atom stereocenters. The Kier molecular flexibility index (Phi) is 11.1. The summed E-state index contributed by atoms with van der Waals surface area (Å²) in [6, 6.07) is 0. The Morgan fingerprint density at radius 2 is 2.06 bits per heavy atom. The summed E-state index contributed by atoms with van der Waals surface area (Å²) < 4.78 is 0. The molecular weight excluding hydrogens is 230 g/mol. The maximum absolute atomic E-state index is 10.1. The van der Waals surface area contributed by atoms with E-state index in [0.717, 1.165) is 0 Å². The Morgan fingerprint density at radius 1 is 1.56 bits per heavy atom. The third-order valence-corrected chi connectivity index (χ3v) is 1.74. The molecule has 0 aliphatic rings. The number of carbonyl (C=O) groups is 2. The first-order valence-corrected chi connectivity index (χ1v) is 5.22. The molecule has 0 spiro atoms. The van der Waals surface area contributed by atoms with Gasteiger partial charge in [-0.05, 0) is 6.92 Å². The van der Waals surface area contributed by atoms with Gasteiger partial charge in [-0.2, -0.15) is 12.6 Å². The van der Waals surface area contributed by atoms with Crippen molar-refractivity contribution in [2.24, 2.45) is 5.92 Å². The summed E-state index contributed by atoms with van der Waals surface area (Å²) in [7, 11) is 0. The number of carboxylic acid groups (broad SMARTS) is 1. The number of aliphatic hydroxyl groups excluding tert-OH is 1. The van der Waals surface area contributed by atoms with Crippen molar-refractivity contribution in [1.82, 2.24) is 5.32 Å². The summed E-state index contributed by atoms with van der Waals surface area (Å²) in [5, 5.41) is 19.5. The molecular formula is C10H17NO4S. The summed E-state index contributed by atoms with van der Waals surface area (Å²) in [6.07, 6.45) is 3.57. The van der Waals surface area contributed by atoms with Gasteiger partial charge in [0.25, 0.3) is 0 Å². The zero-order chi connectivity index (χ0) is 13.1. The molecule has 1 amide bonds. The molecule has 0 unspecified atom stereocenters. The quantitative estimate of drug-likeness (QED) is 0.408. The lowest BCUT2D eigenvalue weighted by Crippen LogP contribution is -2.23. The normalized spacial score (nSPS) is 12.4. The number of terminal acetylenes is 1. The minimum Gasteiger partial charge on any atom is -0.481 e. The third-order valence-electron chi connectivity index (χ3n) is 1.52. The van der Waals surface area contributed by atoms with E-state index in [1.54, 1.807) is 0 Å². The van der Waals surface area contributed by atoms with Crippen LogP contribution < -0.4 is 5.32 Å². The van der Waals surface area contributed by atoms with E-state index >= 15 is 0 Å². The molecule has 6 heteroatoms. The van der Waals surface area contributed by atoms with Crippen LogP contribution in [0.4, 0.5) is 0 Å². The monoisotopic (exact) mass is 247 g/mol. The van der Waals surface area contributed by atoms with Gasteiger partial charge in [-0.1, -0.05) is 5.92 Å². The fourth-order valence-corrected chi connectivity index (χ4v) is 0.623. The predicted molar refractivity (Wildman–Crippen MR) is 64.2 cm³/mol. The van der Waals surface area contributed by atoms with Crippen LogP contribution in [0, 0.1) is 18.3 Å². The highest BCUT2D eigenvalue weighted by Gasteiger charge is 2.18. The average Bonchev–Trinajstić information content (AvgIpc) is 2.24. The molecule has 0 aromatic heterocycles. The minimum atomic E-state index is -1.18. The third kappa shape index (κ3) is 10.9. The molecule has 3 N–H and O–H groups in total. The number of nitrogens with one attached hydrogen (secondary N) is 1. The number of hydrogen-bond donors (Lipinski definition) is 4. The highest BCUT2D eigenvalue weighted by atomic mass is 32.1. The second-order valence-electron chi connectivity index (χ2n) is 2.94. The van der Waals surface area contributed by atoms with E-state index in [-0.39, 0.29) is 5.91 Å². The molecule has 0 fully saturated rings. The lowest BCUT2D eigenvalue weighted by atomic mass is 10.1. The van der Waals surface area contributed by atoms with Gasteiger partial charge in [0, 0.05) is 19.2 Å². The molecule has 92 valence electrons. The SMILES string of the molecule is C#C[C@H](O)[C@H](C)C(=O)O.CC(=O)NCCS. The van der Waals surface area contributed by atoms with E-state index in [1.165, 1.54) is 13.8 Å². The Balaban J connectivity index is 0. The van der Waals surface area contributed by atoms with Crippen LogP contribution in [0.15, 0.2) is 0 Å². The van der Waals surface area contributed by atoms with Crippen LogP contribution in [0.2, 0.25) is 0 Å². The number of carboxylic acids is 1. The van der Waals surface area contributed by atoms with Gasteiger partial charge in [0.15, 0.2) is 0 Å². The van der Waals surface area contributed by atoms with Crippen molar-refractivity contribution in [3.8, 4) is 12.3 Å². The molecule has 0 aromatic rings. The summed E-state index contributed by atoms with van der Waals surface area (Å²) in [6.45, 7) is 3.51.